The van der Waals surface area contributed by atoms with Crippen LogP contribution in [-0.2, 0) is 9.59 Å². The molecule has 0 spiro atoms. The first-order valence-corrected chi connectivity index (χ1v) is 10.3. The van der Waals surface area contributed by atoms with Gasteiger partial charge in [0, 0.05) is 29.5 Å². The van der Waals surface area contributed by atoms with Gasteiger partial charge in [0.1, 0.15) is 4.32 Å². The minimum atomic E-state index is -0.923. The van der Waals surface area contributed by atoms with Gasteiger partial charge in [-0.15, -0.1) is 11.3 Å². The predicted molar refractivity (Wildman–Crippen MR) is 113 cm³/mol. The highest BCUT2D eigenvalue weighted by atomic mass is 32.2. The zero-order valence-corrected chi connectivity index (χ0v) is 16.8. The average Bonchev–Trinajstić information content (AvgIpc) is 3.21. The lowest BCUT2D eigenvalue weighted by Crippen LogP contribution is -2.29. The summed E-state index contributed by atoms with van der Waals surface area (Å²) in [5.41, 5.74) is 1.15. The Hall–Kier alpha value is -2.56. The average molecular weight is 435 g/mol. The molecule has 2 aromatic rings. The molecule has 28 heavy (non-hydrogen) atoms. The summed E-state index contributed by atoms with van der Waals surface area (Å²) in [6.45, 7) is 0.246. The monoisotopic (exact) mass is 434 g/mol. The summed E-state index contributed by atoms with van der Waals surface area (Å²) in [7, 11) is 0. The summed E-state index contributed by atoms with van der Waals surface area (Å²) < 4.78 is 0.380. The first-order valence-electron chi connectivity index (χ1n) is 8.17. The third-order valence-corrected chi connectivity index (χ3v) is 6.24. The summed E-state index contributed by atoms with van der Waals surface area (Å²) in [4.78, 5) is 36.7. The Morgan fingerprint density at radius 1 is 1.29 bits per heavy atom. The van der Waals surface area contributed by atoms with Crippen LogP contribution >= 0.6 is 35.3 Å². The van der Waals surface area contributed by atoms with Crippen LogP contribution in [0.2, 0.25) is 0 Å². The Labute approximate surface area is 173 Å². The van der Waals surface area contributed by atoms with Gasteiger partial charge in [-0.2, -0.15) is 0 Å². The molecule has 3 rings (SSSR count). The van der Waals surface area contributed by atoms with Crippen molar-refractivity contribution in [2.75, 3.05) is 6.54 Å². The molecule has 0 unspecified atom stereocenters. The number of carboxylic acid groups (broad SMARTS) is 1. The molecule has 2 heterocycles. The molecule has 10 heteroatoms. The van der Waals surface area contributed by atoms with Gasteiger partial charge in [0.25, 0.3) is 11.6 Å². The lowest BCUT2D eigenvalue weighted by molar-refractivity contribution is -0.384. The molecule has 144 valence electrons. The smallest absolute Gasteiger partial charge is 0.303 e. The van der Waals surface area contributed by atoms with Crippen molar-refractivity contribution in [2.45, 2.75) is 12.8 Å². The molecular weight excluding hydrogens is 420 g/mol. The topological polar surface area (TPSA) is 101 Å². The highest BCUT2D eigenvalue weighted by Crippen LogP contribution is 2.39. The molecule has 1 N–H and O–H groups in total. The lowest BCUT2D eigenvalue weighted by atomic mass is 10.0. The van der Waals surface area contributed by atoms with Crippen LogP contribution in [0.15, 0.2) is 40.6 Å². The number of hydrogen-bond donors (Lipinski definition) is 1. The molecular formula is C18H14N2O5S3. The van der Waals surface area contributed by atoms with E-state index >= 15 is 0 Å². The number of aliphatic carboxylic acids is 1. The normalized spacial score (nSPS) is 15.4. The van der Waals surface area contributed by atoms with Crippen LogP contribution in [0.1, 0.15) is 17.7 Å². The molecule has 0 radical (unpaired) electrons. The Bertz CT molecular complexity index is 999. The Morgan fingerprint density at radius 2 is 2.04 bits per heavy atom. The van der Waals surface area contributed by atoms with Gasteiger partial charge in [-0.25, -0.2) is 0 Å². The number of carboxylic acids is 1. The van der Waals surface area contributed by atoms with Crippen molar-refractivity contribution in [1.82, 2.24) is 4.90 Å². The van der Waals surface area contributed by atoms with Crippen LogP contribution in [0.25, 0.3) is 17.2 Å². The first kappa shape index (κ1) is 20.2. The zero-order chi connectivity index (χ0) is 20.3. The maximum Gasteiger partial charge on any atom is 0.303 e. The fourth-order valence-electron chi connectivity index (χ4n) is 2.72. The third-order valence-electron chi connectivity index (χ3n) is 3.99. The summed E-state index contributed by atoms with van der Waals surface area (Å²) >= 11 is 7.77. The molecule has 1 fully saturated rings. The second kappa shape index (κ2) is 8.63. The minimum Gasteiger partial charge on any atom is -0.481 e. The van der Waals surface area contributed by atoms with Gasteiger partial charge < -0.3 is 5.11 Å². The van der Waals surface area contributed by atoms with Crippen molar-refractivity contribution in [1.29, 1.82) is 0 Å². The van der Waals surface area contributed by atoms with Gasteiger partial charge >= 0.3 is 5.97 Å². The van der Waals surface area contributed by atoms with Gasteiger partial charge in [0.05, 0.1) is 15.4 Å². The van der Waals surface area contributed by atoms with E-state index in [1.165, 1.54) is 22.3 Å². The van der Waals surface area contributed by atoms with E-state index in [0.29, 0.717) is 26.8 Å². The minimum absolute atomic E-state index is 0.00299. The van der Waals surface area contributed by atoms with Gasteiger partial charge in [-0.1, -0.05) is 36.1 Å². The van der Waals surface area contributed by atoms with E-state index in [1.807, 2.05) is 5.38 Å². The fourth-order valence-corrected chi connectivity index (χ4v) is 4.92. The molecule has 1 aliphatic heterocycles. The van der Waals surface area contributed by atoms with E-state index in [-0.39, 0.29) is 24.6 Å². The van der Waals surface area contributed by atoms with Crippen LogP contribution in [-0.4, -0.2) is 37.7 Å². The number of rotatable bonds is 7. The SMILES string of the molecule is O=C(O)CCCN1C(=O)/C(=C/c2sccc2-c2ccccc2[N+](=O)[O-])SC1=S. The molecule has 1 aromatic heterocycles. The number of benzene rings is 1. The van der Waals surface area contributed by atoms with Crippen molar-refractivity contribution in [3.63, 3.8) is 0 Å². The molecule has 0 aliphatic carbocycles. The number of nitrogens with zero attached hydrogens (tertiary/aromatic N) is 2. The van der Waals surface area contributed by atoms with Crippen molar-refractivity contribution in [3.8, 4) is 11.1 Å². The van der Waals surface area contributed by atoms with Gasteiger partial charge in [-0.05, 0) is 30.0 Å². The molecule has 1 aliphatic rings. The lowest BCUT2D eigenvalue weighted by Gasteiger charge is -2.13. The van der Waals surface area contributed by atoms with E-state index in [0.717, 1.165) is 16.6 Å². The van der Waals surface area contributed by atoms with Crippen molar-refractivity contribution < 1.29 is 19.6 Å². The van der Waals surface area contributed by atoms with Gasteiger partial charge in [-0.3, -0.25) is 24.6 Å². The maximum atomic E-state index is 12.6. The number of nitro benzene ring substituents is 1. The summed E-state index contributed by atoms with van der Waals surface area (Å²) in [6, 6.07) is 8.24. The fraction of sp³-hybridized carbons (Fsp3) is 0.167. The number of thiocarbonyl (C=S) groups is 1. The second-order valence-corrected chi connectivity index (χ2v) is 8.43. The second-order valence-electron chi connectivity index (χ2n) is 5.80. The summed E-state index contributed by atoms with van der Waals surface area (Å²) in [5.74, 6) is -1.20. The number of thiophene rings is 1. The quantitative estimate of drug-likeness (QED) is 0.298. The molecule has 1 amide bonds. The molecule has 0 atom stereocenters. The number of carbonyl (C=O) groups excluding carboxylic acids is 1. The molecule has 0 saturated carbocycles. The van der Waals surface area contributed by atoms with Crippen LogP contribution in [0.4, 0.5) is 5.69 Å². The Kier molecular flexibility index (Phi) is 6.22. The number of amides is 1. The van der Waals surface area contributed by atoms with E-state index in [9.17, 15) is 19.7 Å². The zero-order valence-electron chi connectivity index (χ0n) is 14.4. The number of thioether (sulfide) groups is 1. The van der Waals surface area contributed by atoms with Crippen LogP contribution in [0, 0.1) is 10.1 Å². The van der Waals surface area contributed by atoms with Crippen LogP contribution in [0.3, 0.4) is 0 Å². The molecule has 1 aromatic carbocycles. The van der Waals surface area contributed by atoms with E-state index in [1.54, 1.807) is 30.3 Å². The van der Waals surface area contributed by atoms with E-state index in [4.69, 9.17) is 17.3 Å². The van der Waals surface area contributed by atoms with Crippen LogP contribution in [0.5, 0.6) is 0 Å². The van der Waals surface area contributed by atoms with Gasteiger partial charge in [0.2, 0.25) is 0 Å². The van der Waals surface area contributed by atoms with Crippen molar-refractivity contribution in [3.05, 3.63) is 55.6 Å². The molecule has 1 saturated heterocycles. The molecule has 0 bridgehead atoms. The van der Waals surface area contributed by atoms with Crippen molar-refractivity contribution in [2.24, 2.45) is 0 Å². The highest BCUT2D eigenvalue weighted by Gasteiger charge is 2.32. The van der Waals surface area contributed by atoms with Crippen molar-refractivity contribution >= 4 is 63.3 Å². The summed E-state index contributed by atoms with van der Waals surface area (Å²) in [6.07, 6.45) is 1.96. The number of nitro groups is 1. The Morgan fingerprint density at radius 3 is 2.75 bits per heavy atom. The Balaban J connectivity index is 1.87. The third kappa shape index (κ3) is 4.29. The standard InChI is InChI=1S/C18H14N2O5S3/c21-16(22)6-3-8-19-17(23)15(28-18(19)26)10-14-12(7-9-27-14)11-4-1-2-5-13(11)20(24)25/h1-2,4-5,7,9-10H,3,6,8H2,(H,21,22)/b15-10-. The summed E-state index contributed by atoms with van der Waals surface area (Å²) in [5, 5.41) is 21.9. The first-order chi connectivity index (χ1) is 13.4. The molecule has 7 nitrogen and oxygen atoms in total. The number of para-hydroxylation sites is 1. The van der Waals surface area contributed by atoms with Gasteiger partial charge in [0.15, 0.2) is 0 Å². The van der Waals surface area contributed by atoms with E-state index in [2.05, 4.69) is 0 Å². The number of carbonyl (C=O) groups is 2. The largest absolute Gasteiger partial charge is 0.481 e. The predicted octanol–water partition coefficient (Wildman–Crippen LogP) is 4.39. The maximum absolute atomic E-state index is 12.6. The highest BCUT2D eigenvalue weighted by molar-refractivity contribution is 8.26. The van der Waals surface area contributed by atoms with Crippen LogP contribution < -0.4 is 0 Å². The number of hydrogen-bond acceptors (Lipinski definition) is 7. The van der Waals surface area contributed by atoms with E-state index < -0.39 is 10.9 Å².